The molecular formula is C36H47Cl2N3O4. The van der Waals surface area contributed by atoms with E-state index in [-0.39, 0.29) is 41.9 Å². The molecule has 45 heavy (non-hydrogen) atoms. The summed E-state index contributed by atoms with van der Waals surface area (Å²) in [5, 5.41) is 3.84. The second-order valence-corrected chi connectivity index (χ2v) is 12.6. The van der Waals surface area contributed by atoms with Crippen molar-refractivity contribution < 1.29 is 19.1 Å². The van der Waals surface area contributed by atoms with E-state index in [4.69, 9.17) is 21.1 Å². The number of halogens is 2. The summed E-state index contributed by atoms with van der Waals surface area (Å²) in [4.78, 5) is 28.8. The summed E-state index contributed by atoms with van der Waals surface area (Å²) in [5.74, 6) is 2.77. The summed E-state index contributed by atoms with van der Waals surface area (Å²) < 4.78 is 12.0. The third-order valence-electron chi connectivity index (χ3n) is 8.31. The lowest BCUT2D eigenvalue weighted by Crippen LogP contribution is -2.25. The van der Waals surface area contributed by atoms with Crippen LogP contribution in [0.1, 0.15) is 81.9 Å². The molecule has 3 heterocycles. The van der Waals surface area contributed by atoms with Crippen molar-refractivity contribution in [2.45, 2.75) is 84.3 Å². The standard InChI is InChI=1S/C21H25ClN2O2.C15H21NO2.ClH/c1-14(12-15(2)25)17-4-6-18(7-5-17)26-19-9-11-24(13-19)20-8-10-23-21(22)16(20)3;1-11(9-12(2)17)13-3-5-14(6-4-13)18-15-7-8-16-10-15;/h4-8,10,14,19H,9,11-13H2,1-3H3;3-6,11,15-16H,7-10H2,1-2H3;1H/t14-,19-;11-,15-;/m11./s1. The number of carbonyl (C=O) groups is 2. The van der Waals surface area contributed by atoms with E-state index in [0.29, 0.717) is 24.1 Å². The van der Waals surface area contributed by atoms with Gasteiger partial charge in [0.2, 0.25) is 0 Å². The maximum absolute atomic E-state index is 11.3. The van der Waals surface area contributed by atoms with Crippen LogP contribution in [0.15, 0.2) is 60.8 Å². The Labute approximate surface area is 279 Å². The van der Waals surface area contributed by atoms with Gasteiger partial charge < -0.3 is 29.3 Å². The fourth-order valence-electron chi connectivity index (χ4n) is 5.85. The first-order chi connectivity index (χ1) is 21.1. The number of aromatic nitrogens is 1. The second-order valence-electron chi connectivity index (χ2n) is 12.2. The molecule has 2 aromatic carbocycles. The molecule has 0 spiro atoms. The van der Waals surface area contributed by atoms with Crippen molar-refractivity contribution in [3.63, 3.8) is 0 Å². The van der Waals surface area contributed by atoms with Gasteiger partial charge in [-0.2, -0.15) is 0 Å². The number of ketones is 2. The number of Topliss-reactive ketones (excluding diaryl/α,β-unsaturated/α-hetero) is 2. The molecule has 0 unspecified atom stereocenters. The van der Waals surface area contributed by atoms with Gasteiger partial charge in [-0.3, -0.25) is 0 Å². The van der Waals surface area contributed by atoms with Gasteiger partial charge in [0.15, 0.2) is 0 Å². The SMILES string of the molecule is CC(=O)C[C@@H](C)c1ccc(O[C@@H]2CCN(c3ccnc(Cl)c3C)C2)cc1.CC(=O)C[C@@H](C)c1ccc(O[C@@H]2CCNC2)cc1.Cl. The van der Waals surface area contributed by atoms with Gasteiger partial charge in [0, 0.05) is 49.8 Å². The van der Waals surface area contributed by atoms with Crippen molar-refractivity contribution in [1.29, 1.82) is 0 Å². The minimum absolute atomic E-state index is 0. The lowest BCUT2D eigenvalue weighted by atomic mass is 9.96. The first kappa shape index (κ1) is 36.3. The molecule has 2 saturated heterocycles. The number of ether oxygens (including phenoxy) is 2. The van der Waals surface area contributed by atoms with E-state index >= 15 is 0 Å². The first-order valence-corrected chi connectivity index (χ1v) is 16.1. The topological polar surface area (TPSA) is 80.8 Å². The molecule has 0 saturated carbocycles. The minimum atomic E-state index is 0. The van der Waals surface area contributed by atoms with E-state index in [9.17, 15) is 9.59 Å². The Kier molecular flexibility index (Phi) is 14.2. The highest BCUT2D eigenvalue weighted by atomic mass is 35.5. The van der Waals surface area contributed by atoms with Crippen LogP contribution in [0.5, 0.6) is 11.5 Å². The molecule has 4 atom stereocenters. The molecule has 2 fully saturated rings. The zero-order valence-corrected chi connectivity index (χ0v) is 28.6. The van der Waals surface area contributed by atoms with Gasteiger partial charge in [0.1, 0.15) is 40.4 Å². The monoisotopic (exact) mass is 655 g/mol. The van der Waals surface area contributed by atoms with Crippen molar-refractivity contribution in [3.8, 4) is 11.5 Å². The lowest BCUT2D eigenvalue weighted by Gasteiger charge is -2.21. The van der Waals surface area contributed by atoms with Crippen LogP contribution in [0.3, 0.4) is 0 Å². The molecule has 0 radical (unpaired) electrons. The van der Waals surface area contributed by atoms with Gasteiger partial charge in [-0.25, -0.2) is 4.98 Å². The third kappa shape index (κ3) is 11.0. The van der Waals surface area contributed by atoms with Gasteiger partial charge in [0.25, 0.3) is 0 Å². The number of nitrogens with one attached hydrogen (secondary N) is 1. The zero-order chi connectivity index (χ0) is 31.6. The normalized spacial score (nSPS) is 18.7. The van der Waals surface area contributed by atoms with Crippen molar-refractivity contribution >= 4 is 41.3 Å². The Bertz CT molecular complexity index is 1380. The molecule has 9 heteroatoms. The summed E-state index contributed by atoms with van der Waals surface area (Å²) in [6, 6.07) is 18.3. The number of carbonyl (C=O) groups excluding carboxylic acids is 2. The number of nitrogens with zero attached hydrogens (tertiary/aromatic N) is 2. The van der Waals surface area contributed by atoms with E-state index in [1.165, 1.54) is 11.1 Å². The van der Waals surface area contributed by atoms with Crippen LogP contribution >= 0.6 is 24.0 Å². The smallest absolute Gasteiger partial charge is 0.133 e. The van der Waals surface area contributed by atoms with Crippen LogP contribution in [0, 0.1) is 6.92 Å². The zero-order valence-electron chi connectivity index (χ0n) is 27.1. The number of pyridine rings is 1. The molecule has 5 rings (SSSR count). The molecule has 0 bridgehead atoms. The van der Waals surface area contributed by atoms with Gasteiger partial charge in [-0.1, -0.05) is 49.7 Å². The first-order valence-electron chi connectivity index (χ1n) is 15.7. The number of anilines is 1. The van der Waals surface area contributed by atoms with Crippen molar-refractivity contribution in [2.75, 3.05) is 31.1 Å². The Hall–Kier alpha value is -3.13. The number of hydrogen-bond donors (Lipinski definition) is 1. The van der Waals surface area contributed by atoms with E-state index in [0.717, 1.165) is 61.8 Å². The number of hydrogen-bond acceptors (Lipinski definition) is 7. The molecule has 0 aliphatic carbocycles. The van der Waals surface area contributed by atoms with Crippen LogP contribution in [0.4, 0.5) is 5.69 Å². The summed E-state index contributed by atoms with van der Waals surface area (Å²) in [6.45, 7) is 13.2. The molecule has 2 aliphatic rings. The van der Waals surface area contributed by atoms with Gasteiger partial charge in [-0.05, 0) is 87.0 Å². The van der Waals surface area contributed by atoms with Crippen molar-refractivity contribution in [3.05, 3.63) is 82.6 Å². The molecule has 1 N–H and O–H groups in total. The highest BCUT2D eigenvalue weighted by Gasteiger charge is 2.26. The third-order valence-corrected chi connectivity index (χ3v) is 8.69. The summed E-state index contributed by atoms with van der Waals surface area (Å²) in [7, 11) is 0. The maximum atomic E-state index is 11.3. The number of rotatable bonds is 11. The minimum Gasteiger partial charge on any atom is -0.489 e. The Morgan fingerprint density at radius 1 is 0.889 bits per heavy atom. The van der Waals surface area contributed by atoms with Crippen LogP contribution in [-0.2, 0) is 9.59 Å². The van der Waals surface area contributed by atoms with E-state index in [1.807, 2.05) is 37.3 Å². The Morgan fingerprint density at radius 2 is 1.42 bits per heavy atom. The summed E-state index contributed by atoms with van der Waals surface area (Å²) >= 11 is 6.14. The summed E-state index contributed by atoms with van der Waals surface area (Å²) in [5.41, 5.74) is 4.51. The van der Waals surface area contributed by atoms with E-state index in [1.54, 1.807) is 20.0 Å². The van der Waals surface area contributed by atoms with Gasteiger partial charge in [0.05, 0.1) is 6.54 Å². The molecule has 7 nitrogen and oxygen atoms in total. The van der Waals surface area contributed by atoms with Crippen LogP contribution < -0.4 is 19.7 Å². The lowest BCUT2D eigenvalue weighted by molar-refractivity contribution is -0.118. The average molecular weight is 657 g/mol. The predicted octanol–water partition coefficient (Wildman–Crippen LogP) is 7.72. The Balaban J connectivity index is 0.000000256. The predicted molar refractivity (Wildman–Crippen MR) is 185 cm³/mol. The average Bonchev–Trinajstić information content (AvgIpc) is 3.67. The fourth-order valence-corrected chi connectivity index (χ4v) is 6.00. The highest BCUT2D eigenvalue weighted by molar-refractivity contribution is 6.30. The van der Waals surface area contributed by atoms with Crippen molar-refractivity contribution in [1.82, 2.24) is 10.3 Å². The maximum Gasteiger partial charge on any atom is 0.133 e. The van der Waals surface area contributed by atoms with Crippen LogP contribution in [-0.4, -0.2) is 54.9 Å². The fraction of sp³-hybridized carbons (Fsp3) is 0.472. The second kappa shape index (κ2) is 17.5. The molecule has 0 amide bonds. The number of benzene rings is 2. The van der Waals surface area contributed by atoms with Crippen molar-refractivity contribution in [2.24, 2.45) is 0 Å². The molecular weight excluding hydrogens is 609 g/mol. The largest absolute Gasteiger partial charge is 0.489 e. The van der Waals surface area contributed by atoms with E-state index < -0.39 is 0 Å². The molecule has 244 valence electrons. The molecule has 2 aliphatic heterocycles. The van der Waals surface area contributed by atoms with Gasteiger partial charge >= 0.3 is 0 Å². The highest BCUT2D eigenvalue weighted by Crippen LogP contribution is 2.30. The summed E-state index contributed by atoms with van der Waals surface area (Å²) in [6.07, 6.45) is 5.43. The van der Waals surface area contributed by atoms with Crippen LogP contribution in [0.25, 0.3) is 0 Å². The van der Waals surface area contributed by atoms with Gasteiger partial charge in [-0.15, -0.1) is 12.4 Å². The Morgan fingerprint density at radius 3 is 1.91 bits per heavy atom. The van der Waals surface area contributed by atoms with Crippen LogP contribution in [0.2, 0.25) is 5.15 Å². The molecule has 3 aromatic rings. The molecule has 1 aromatic heterocycles. The van der Waals surface area contributed by atoms with E-state index in [2.05, 4.69) is 53.3 Å². The quantitative estimate of drug-likeness (QED) is 0.212.